The number of H-pyrrole nitrogens is 1. The third-order valence-corrected chi connectivity index (χ3v) is 1.24. The quantitative estimate of drug-likeness (QED) is 0.635. The van der Waals surface area contributed by atoms with Crippen molar-refractivity contribution in [3.05, 3.63) is 17.7 Å². The lowest BCUT2D eigenvalue weighted by Gasteiger charge is -2.04. The summed E-state index contributed by atoms with van der Waals surface area (Å²) in [5, 5.41) is 0. The summed E-state index contributed by atoms with van der Waals surface area (Å²) in [6.45, 7) is 0.730. The number of nitrogens with one attached hydrogen (secondary N) is 1. The van der Waals surface area contributed by atoms with Crippen molar-refractivity contribution < 1.29 is 4.79 Å². The molecular weight excluding hydrogens is 142 g/mol. The number of carbonyl (C=O) groups excluding carboxylic acids is 1. The first-order valence-electron chi connectivity index (χ1n) is 3.36. The molecular formula is C7H11N3O. The van der Waals surface area contributed by atoms with Gasteiger partial charge in [0.2, 0.25) is 0 Å². The van der Waals surface area contributed by atoms with E-state index in [1.165, 1.54) is 6.20 Å². The summed E-state index contributed by atoms with van der Waals surface area (Å²) in [6.07, 6.45) is 2.29. The van der Waals surface area contributed by atoms with Crippen LogP contribution in [0.1, 0.15) is 16.3 Å². The number of rotatable bonds is 3. The molecule has 0 aromatic carbocycles. The van der Waals surface area contributed by atoms with Crippen LogP contribution in [0.5, 0.6) is 0 Å². The molecule has 0 aliphatic rings. The van der Waals surface area contributed by atoms with E-state index in [9.17, 15) is 4.79 Å². The van der Waals surface area contributed by atoms with Crippen LogP contribution >= 0.6 is 0 Å². The molecule has 0 spiro atoms. The average Bonchev–Trinajstić information content (AvgIpc) is 2.34. The minimum Gasteiger partial charge on any atom is -0.339 e. The van der Waals surface area contributed by atoms with Gasteiger partial charge in [-0.15, -0.1) is 0 Å². The van der Waals surface area contributed by atoms with Gasteiger partial charge in [0.15, 0.2) is 6.29 Å². The van der Waals surface area contributed by atoms with Gasteiger partial charge in [0.05, 0.1) is 18.4 Å². The van der Waals surface area contributed by atoms with Crippen LogP contribution in [-0.2, 0) is 6.54 Å². The van der Waals surface area contributed by atoms with Gasteiger partial charge < -0.3 is 9.88 Å². The molecule has 1 N–H and O–H groups in total. The minimum atomic E-state index is 0.529. The number of carbonyl (C=O) groups is 1. The Bertz CT molecular complexity index is 242. The van der Waals surface area contributed by atoms with Gasteiger partial charge in [-0.3, -0.25) is 4.79 Å². The predicted octanol–water partition coefficient (Wildman–Crippen LogP) is 0.284. The van der Waals surface area contributed by atoms with Crippen LogP contribution in [-0.4, -0.2) is 35.2 Å². The zero-order valence-corrected chi connectivity index (χ0v) is 6.66. The first-order chi connectivity index (χ1) is 5.22. The van der Waals surface area contributed by atoms with E-state index in [4.69, 9.17) is 0 Å². The third kappa shape index (κ3) is 2.16. The van der Waals surface area contributed by atoms with Crippen LogP contribution in [0.2, 0.25) is 0 Å². The number of imidazole rings is 1. The van der Waals surface area contributed by atoms with Gasteiger partial charge in [-0.2, -0.15) is 0 Å². The monoisotopic (exact) mass is 153 g/mol. The van der Waals surface area contributed by atoms with E-state index in [2.05, 4.69) is 9.97 Å². The second-order valence-electron chi connectivity index (χ2n) is 2.64. The molecule has 60 valence electrons. The molecule has 0 aliphatic carbocycles. The molecule has 0 aliphatic heterocycles. The number of hydrogen-bond donors (Lipinski definition) is 1. The lowest BCUT2D eigenvalue weighted by molar-refractivity contribution is 0.111. The minimum absolute atomic E-state index is 0.529. The zero-order valence-electron chi connectivity index (χ0n) is 6.66. The Balaban J connectivity index is 2.65. The molecule has 0 fully saturated rings. The fourth-order valence-electron chi connectivity index (χ4n) is 0.818. The van der Waals surface area contributed by atoms with E-state index in [0.29, 0.717) is 5.69 Å². The van der Waals surface area contributed by atoms with Crippen LogP contribution in [0, 0.1) is 0 Å². The highest BCUT2D eigenvalue weighted by Gasteiger charge is 1.99. The first-order valence-corrected chi connectivity index (χ1v) is 3.36. The van der Waals surface area contributed by atoms with Crippen LogP contribution in [0.3, 0.4) is 0 Å². The van der Waals surface area contributed by atoms with Crippen molar-refractivity contribution in [2.24, 2.45) is 0 Å². The summed E-state index contributed by atoms with van der Waals surface area (Å²) in [6, 6.07) is 0. The predicted molar refractivity (Wildman–Crippen MR) is 41.4 cm³/mol. The number of aromatic nitrogens is 2. The summed E-state index contributed by atoms with van der Waals surface area (Å²) in [4.78, 5) is 19.1. The maximum absolute atomic E-state index is 10.2. The summed E-state index contributed by atoms with van der Waals surface area (Å²) >= 11 is 0. The van der Waals surface area contributed by atoms with Crippen LogP contribution in [0.4, 0.5) is 0 Å². The maximum atomic E-state index is 10.2. The van der Waals surface area contributed by atoms with Crippen molar-refractivity contribution in [1.82, 2.24) is 14.9 Å². The number of aromatic amines is 1. The van der Waals surface area contributed by atoms with Crippen LogP contribution in [0.25, 0.3) is 0 Å². The Hall–Kier alpha value is -1.16. The second-order valence-corrected chi connectivity index (χ2v) is 2.64. The molecule has 11 heavy (non-hydrogen) atoms. The van der Waals surface area contributed by atoms with Crippen LogP contribution in [0.15, 0.2) is 6.20 Å². The molecule has 4 nitrogen and oxygen atoms in total. The number of nitrogens with zero attached hydrogens (tertiary/aromatic N) is 2. The van der Waals surface area contributed by atoms with Crippen molar-refractivity contribution in [3.63, 3.8) is 0 Å². The molecule has 0 unspecified atom stereocenters. The van der Waals surface area contributed by atoms with Crippen molar-refractivity contribution in [2.45, 2.75) is 6.54 Å². The molecule has 0 saturated carbocycles. The Morgan fingerprint density at radius 1 is 1.73 bits per heavy atom. The fraction of sp³-hybridized carbons (Fsp3) is 0.429. The molecule has 1 aromatic rings. The second kappa shape index (κ2) is 3.30. The Kier molecular flexibility index (Phi) is 2.38. The SMILES string of the molecule is CN(C)Cc1ncc(C=O)[nH]1. The fourth-order valence-corrected chi connectivity index (χ4v) is 0.818. The number of hydrogen-bond acceptors (Lipinski definition) is 3. The van der Waals surface area contributed by atoms with Gasteiger partial charge in [0, 0.05) is 0 Å². The molecule has 4 heteroatoms. The number of aldehydes is 1. The highest BCUT2D eigenvalue weighted by molar-refractivity contribution is 5.71. The molecule has 1 heterocycles. The Labute approximate surface area is 65.2 Å². The Morgan fingerprint density at radius 2 is 2.45 bits per heavy atom. The average molecular weight is 153 g/mol. The van der Waals surface area contributed by atoms with Crippen molar-refractivity contribution in [3.8, 4) is 0 Å². The smallest absolute Gasteiger partial charge is 0.167 e. The van der Waals surface area contributed by atoms with Crippen molar-refractivity contribution >= 4 is 6.29 Å². The van der Waals surface area contributed by atoms with E-state index >= 15 is 0 Å². The van der Waals surface area contributed by atoms with Crippen LogP contribution < -0.4 is 0 Å². The molecule has 1 aromatic heterocycles. The van der Waals surface area contributed by atoms with Gasteiger partial charge in [-0.1, -0.05) is 0 Å². The summed E-state index contributed by atoms with van der Waals surface area (Å²) in [5.41, 5.74) is 0.529. The van der Waals surface area contributed by atoms with Gasteiger partial charge in [-0.05, 0) is 14.1 Å². The van der Waals surface area contributed by atoms with Gasteiger partial charge in [0.25, 0.3) is 0 Å². The molecule has 0 bridgehead atoms. The molecule has 0 atom stereocenters. The lowest BCUT2D eigenvalue weighted by Crippen LogP contribution is -2.11. The summed E-state index contributed by atoms with van der Waals surface area (Å²) in [5.74, 6) is 0.817. The first kappa shape index (κ1) is 7.94. The van der Waals surface area contributed by atoms with Crippen molar-refractivity contribution in [1.29, 1.82) is 0 Å². The summed E-state index contributed by atoms with van der Waals surface area (Å²) in [7, 11) is 3.90. The standard InChI is InChI=1S/C7H11N3O/c1-10(2)4-7-8-3-6(5-11)9-7/h3,5H,4H2,1-2H3,(H,8,9). The van der Waals surface area contributed by atoms with Gasteiger partial charge in [0.1, 0.15) is 5.82 Å². The highest BCUT2D eigenvalue weighted by Crippen LogP contribution is 1.95. The maximum Gasteiger partial charge on any atom is 0.167 e. The van der Waals surface area contributed by atoms with E-state index in [1.54, 1.807) is 0 Å². The topological polar surface area (TPSA) is 49.0 Å². The normalized spacial score (nSPS) is 10.5. The zero-order chi connectivity index (χ0) is 8.27. The molecule has 0 radical (unpaired) electrons. The highest BCUT2D eigenvalue weighted by atomic mass is 16.1. The third-order valence-electron chi connectivity index (χ3n) is 1.24. The van der Waals surface area contributed by atoms with Gasteiger partial charge >= 0.3 is 0 Å². The van der Waals surface area contributed by atoms with Gasteiger partial charge in [-0.25, -0.2) is 4.98 Å². The van der Waals surface area contributed by atoms with Crippen molar-refractivity contribution in [2.75, 3.05) is 14.1 Å². The largest absolute Gasteiger partial charge is 0.339 e. The van der Waals surface area contributed by atoms with E-state index in [1.807, 2.05) is 19.0 Å². The summed E-state index contributed by atoms with van der Waals surface area (Å²) < 4.78 is 0. The molecule has 1 rings (SSSR count). The van der Waals surface area contributed by atoms with E-state index in [0.717, 1.165) is 18.7 Å². The van der Waals surface area contributed by atoms with E-state index < -0.39 is 0 Å². The molecule has 0 amide bonds. The van der Waals surface area contributed by atoms with E-state index in [-0.39, 0.29) is 0 Å². The lowest BCUT2D eigenvalue weighted by atomic mass is 10.5. The Morgan fingerprint density at radius 3 is 2.91 bits per heavy atom. The molecule has 0 saturated heterocycles.